The largest absolute Gasteiger partial charge is 0.453 e. The molecule has 11 rings (SSSR count). The van der Waals surface area contributed by atoms with Crippen molar-refractivity contribution in [1.82, 2.24) is 40.4 Å². The number of benzene rings is 3. The number of carbonyl (C=O) groups is 4. The van der Waals surface area contributed by atoms with Gasteiger partial charge in [0.25, 0.3) is 0 Å². The zero-order chi connectivity index (χ0) is 46.4. The third-order valence-corrected chi connectivity index (χ3v) is 15.9. The third-order valence-electron chi connectivity index (χ3n) is 15.9. The highest BCUT2D eigenvalue weighted by molar-refractivity contribution is 5.89. The van der Waals surface area contributed by atoms with Gasteiger partial charge in [-0.3, -0.25) is 9.59 Å². The number of hydrogen-bond acceptors (Lipinski definition) is 9. The summed E-state index contributed by atoms with van der Waals surface area (Å²) in [6, 6.07) is 18.0. The Hall–Kier alpha value is -6.22. The lowest BCUT2D eigenvalue weighted by atomic mass is 9.81. The summed E-state index contributed by atoms with van der Waals surface area (Å²) in [4.78, 5) is 73.9. The van der Waals surface area contributed by atoms with E-state index < -0.39 is 24.3 Å². The molecule has 5 fully saturated rings. The van der Waals surface area contributed by atoms with Gasteiger partial charge in [-0.25, -0.2) is 19.6 Å². The van der Waals surface area contributed by atoms with Crippen LogP contribution in [0.1, 0.15) is 126 Å². The first-order chi connectivity index (χ1) is 32.4. The molecule has 5 aromatic rings. The number of ether oxygens (including phenoxy) is 3. The maximum absolute atomic E-state index is 14.2. The highest BCUT2D eigenvalue weighted by Crippen LogP contribution is 2.57. The first-order valence-corrected chi connectivity index (χ1v) is 24.2. The molecule has 15 nitrogen and oxygen atoms in total. The third kappa shape index (κ3) is 7.26. The summed E-state index contributed by atoms with van der Waals surface area (Å²) in [5, 5.41) is 5.57. The van der Waals surface area contributed by atoms with Crippen LogP contribution in [0.3, 0.4) is 0 Å². The molecule has 2 aliphatic carbocycles. The highest BCUT2D eigenvalue weighted by Gasteiger charge is 2.53. The molecule has 3 saturated heterocycles. The van der Waals surface area contributed by atoms with Gasteiger partial charge < -0.3 is 44.6 Å². The number of methoxy groups -OCH3 is 2. The first kappa shape index (κ1) is 43.4. The number of carbonyl (C=O) groups excluding carboxylic acids is 4. The molecule has 4 N–H and O–H groups in total. The second kappa shape index (κ2) is 16.8. The molecule has 350 valence electrons. The van der Waals surface area contributed by atoms with Crippen LogP contribution in [-0.4, -0.2) is 92.1 Å². The molecule has 6 unspecified atom stereocenters. The normalized spacial score (nSPS) is 26.4. The Bertz CT molecular complexity index is 2760. The van der Waals surface area contributed by atoms with E-state index in [0.717, 1.165) is 102 Å². The molecular formula is C52H60N8O7. The number of imidazole rings is 2. The zero-order valence-electron chi connectivity index (χ0n) is 39.0. The Morgan fingerprint density at radius 2 is 1.18 bits per heavy atom. The predicted octanol–water partition coefficient (Wildman–Crippen LogP) is 9.06. The molecule has 4 aliphatic heterocycles. The SMILES string of the molecule is COC(=O)N[C@H](C(=O)N1C2CCC(C2)[C@H]1c1ncc(-c2ccc(-c3ccc(-c4ccc5nc([C@@H]6C7CCC(C7)N6C(=O)[C@@H](NC(=O)OC)C(C)C)[nH]c5c4)c4c3C3CCC4O3)cc2)[nH]1)C(C)C. The van der Waals surface area contributed by atoms with Crippen LogP contribution in [0.15, 0.2) is 60.8 Å². The number of alkyl carbamates (subject to hydrolysis) is 2. The Morgan fingerprint density at radius 3 is 1.73 bits per heavy atom. The van der Waals surface area contributed by atoms with Gasteiger partial charge in [-0.2, -0.15) is 0 Å². The molecule has 0 radical (unpaired) electrons. The average Bonchev–Trinajstić information content (AvgIpc) is 4.21. The zero-order valence-corrected chi connectivity index (χ0v) is 39.0. The molecule has 2 saturated carbocycles. The minimum absolute atomic E-state index is 0.0242. The number of piperidine rings is 2. The topological polar surface area (TPSA) is 184 Å². The van der Waals surface area contributed by atoms with Crippen LogP contribution in [0.5, 0.6) is 0 Å². The van der Waals surface area contributed by atoms with Crippen molar-refractivity contribution in [3.8, 4) is 33.5 Å². The van der Waals surface area contributed by atoms with Crippen molar-refractivity contribution in [2.45, 2.75) is 128 Å². The summed E-state index contributed by atoms with van der Waals surface area (Å²) in [5.74, 6) is 1.77. The van der Waals surface area contributed by atoms with Crippen molar-refractivity contribution in [2.75, 3.05) is 14.2 Å². The fraction of sp³-hybridized carbons (Fsp3) is 0.500. The fourth-order valence-corrected chi connectivity index (χ4v) is 12.7. The van der Waals surface area contributed by atoms with E-state index in [2.05, 4.69) is 75.2 Å². The maximum Gasteiger partial charge on any atom is 0.407 e. The molecule has 0 spiro atoms. The number of rotatable bonds is 11. The number of aromatic nitrogens is 4. The van der Waals surface area contributed by atoms with Crippen molar-refractivity contribution >= 4 is 35.0 Å². The number of hydrogen-bond donors (Lipinski definition) is 4. The number of H-pyrrole nitrogens is 2. The van der Waals surface area contributed by atoms with Crippen LogP contribution < -0.4 is 10.6 Å². The minimum Gasteiger partial charge on any atom is -0.453 e. The van der Waals surface area contributed by atoms with Gasteiger partial charge in [0.05, 0.1) is 61.4 Å². The van der Waals surface area contributed by atoms with Gasteiger partial charge in [0.1, 0.15) is 23.7 Å². The number of amides is 4. The molecule has 4 amide bonds. The molecule has 6 bridgehead atoms. The summed E-state index contributed by atoms with van der Waals surface area (Å²) in [5.41, 5.74) is 10.7. The van der Waals surface area contributed by atoms with Crippen molar-refractivity contribution in [3.05, 3.63) is 83.6 Å². The monoisotopic (exact) mass is 908 g/mol. The Balaban J connectivity index is 0.853. The van der Waals surface area contributed by atoms with E-state index in [1.54, 1.807) is 0 Å². The van der Waals surface area contributed by atoms with Crippen molar-refractivity contribution in [1.29, 1.82) is 0 Å². The minimum atomic E-state index is -0.693. The smallest absolute Gasteiger partial charge is 0.407 e. The van der Waals surface area contributed by atoms with Crippen molar-refractivity contribution in [2.24, 2.45) is 23.7 Å². The summed E-state index contributed by atoms with van der Waals surface area (Å²) < 4.78 is 16.4. The predicted molar refractivity (Wildman–Crippen MR) is 250 cm³/mol. The summed E-state index contributed by atoms with van der Waals surface area (Å²) in [6.45, 7) is 7.75. The van der Waals surface area contributed by atoms with Crippen molar-refractivity contribution in [3.63, 3.8) is 0 Å². The lowest BCUT2D eigenvalue weighted by molar-refractivity contribution is -0.140. The summed E-state index contributed by atoms with van der Waals surface area (Å²) in [7, 11) is 2.63. The van der Waals surface area contributed by atoms with E-state index in [1.807, 2.05) is 43.7 Å². The van der Waals surface area contributed by atoms with Crippen LogP contribution in [0.4, 0.5) is 9.59 Å². The molecule has 10 atom stereocenters. The van der Waals surface area contributed by atoms with Gasteiger partial charge in [-0.05, 0) is 126 Å². The first-order valence-electron chi connectivity index (χ1n) is 24.2. The van der Waals surface area contributed by atoms with Crippen LogP contribution >= 0.6 is 0 Å². The number of fused-ring (bicyclic) bond motifs is 10. The van der Waals surface area contributed by atoms with Gasteiger partial charge in [0.15, 0.2) is 0 Å². The highest BCUT2D eigenvalue weighted by atomic mass is 16.5. The van der Waals surface area contributed by atoms with Gasteiger partial charge in [0, 0.05) is 12.1 Å². The van der Waals surface area contributed by atoms with E-state index in [9.17, 15) is 19.2 Å². The van der Waals surface area contributed by atoms with Crippen LogP contribution in [0.2, 0.25) is 0 Å². The van der Waals surface area contributed by atoms with Gasteiger partial charge in [0.2, 0.25) is 11.8 Å². The second-order valence-electron chi connectivity index (χ2n) is 20.3. The molecule has 6 heterocycles. The summed E-state index contributed by atoms with van der Waals surface area (Å²) in [6.07, 6.45) is 8.50. The number of nitrogens with zero attached hydrogens (tertiary/aromatic N) is 4. The quantitative estimate of drug-likeness (QED) is 0.100. The number of likely N-dealkylation sites (tertiary alicyclic amines) is 2. The molecule has 15 heteroatoms. The van der Waals surface area contributed by atoms with E-state index in [4.69, 9.17) is 24.2 Å². The standard InChI is InChI=1S/C52H60N8O7/c1-25(2)43(57-51(63)65-5)49(61)59-32-14-11-30(21-32)45(59)47-53-24-38(56-47)28-9-7-27(8-10-28)34-16-17-35(42-40-20-19-39(67-40)41(34)42)29-13-18-36-37(23-29)55-48(54-36)46-31-12-15-33(22-31)60(46)50(62)44(26(3)4)58-52(64)66-6/h7-10,13,16-18,23-26,30-33,39-40,43-46H,11-12,14-15,19-22H2,1-6H3,(H,53,56)(H,54,55)(H,57,63)(H,58,64)/t30?,31?,32?,33?,39?,40?,43-,44-,45-,46-/m0/s1. The van der Waals surface area contributed by atoms with E-state index in [-0.39, 0.29) is 60.0 Å². The molecule has 3 aromatic carbocycles. The Morgan fingerprint density at radius 1 is 0.657 bits per heavy atom. The molecular weight excluding hydrogens is 849 g/mol. The van der Waals surface area contributed by atoms with Crippen LogP contribution in [0.25, 0.3) is 44.5 Å². The van der Waals surface area contributed by atoms with E-state index >= 15 is 0 Å². The molecule has 67 heavy (non-hydrogen) atoms. The fourth-order valence-electron chi connectivity index (χ4n) is 12.7. The van der Waals surface area contributed by atoms with Gasteiger partial charge in [-0.15, -0.1) is 0 Å². The Kier molecular flexibility index (Phi) is 10.9. The summed E-state index contributed by atoms with van der Waals surface area (Å²) >= 11 is 0. The number of aromatic amines is 2. The lowest BCUT2D eigenvalue weighted by Gasteiger charge is -2.37. The van der Waals surface area contributed by atoms with Crippen molar-refractivity contribution < 1.29 is 33.4 Å². The molecule has 6 aliphatic rings. The average molecular weight is 909 g/mol. The van der Waals surface area contributed by atoms with Crippen LogP contribution in [0, 0.1) is 23.7 Å². The number of nitrogens with one attached hydrogen (secondary N) is 4. The maximum atomic E-state index is 14.2. The second-order valence-corrected chi connectivity index (χ2v) is 20.3. The van der Waals surface area contributed by atoms with Gasteiger partial charge in [-0.1, -0.05) is 70.2 Å². The van der Waals surface area contributed by atoms with E-state index in [0.29, 0.717) is 11.8 Å². The van der Waals surface area contributed by atoms with Gasteiger partial charge >= 0.3 is 12.2 Å². The van der Waals surface area contributed by atoms with Crippen LogP contribution in [-0.2, 0) is 23.8 Å². The van der Waals surface area contributed by atoms with E-state index in [1.165, 1.54) is 30.9 Å². The molecule has 2 aromatic heterocycles. The Labute approximate surface area is 390 Å². The lowest BCUT2D eigenvalue weighted by Crippen LogP contribution is -2.54.